The van der Waals surface area contributed by atoms with E-state index in [0.717, 1.165) is 12.8 Å². The lowest BCUT2D eigenvalue weighted by atomic mass is 10.0. The molecule has 0 amide bonds. The van der Waals surface area contributed by atoms with Crippen LogP contribution in [-0.4, -0.2) is 37.3 Å². The highest BCUT2D eigenvalue weighted by atomic mass is 32.2. The first-order valence-corrected chi connectivity index (χ1v) is 8.44. The fraction of sp³-hybridized carbons (Fsp3) is 0.538. The molecule has 8 heteroatoms. The summed E-state index contributed by atoms with van der Waals surface area (Å²) in [7, 11) is -3.40. The zero-order valence-electron chi connectivity index (χ0n) is 11.6. The Morgan fingerprint density at radius 2 is 2.00 bits per heavy atom. The third-order valence-corrected chi connectivity index (χ3v) is 5.52. The molecule has 1 aromatic carbocycles. The lowest BCUT2D eigenvalue weighted by Crippen LogP contribution is -2.42. The molecule has 2 N–H and O–H groups in total. The summed E-state index contributed by atoms with van der Waals surface area (Å²) in [6.07, 6.45) is 1.78. The Morgan fingerprint density at radius 3 is 2.57 bits per heavy atom. The van der Waals surface area contributed by atoms with Gasteiger partial charge in [-0.3, -0.25) is 10.1 Å². The van der Waals surface area contributed by atoms with Crippen LogP contribution in [0.4, 0.5) is 5.69 Å². The van der Waals surface area contributed by atoms with E-state index >= 15 is 0 Å². The molecule has 1 unspecified atom stereocenters. The fourth-order valence-electron chi connectivity index (χ4n) is 2.49. The van der Waals surface area contributed by atoms with Gasteiger partial charge in [0.1, 0.15) is 0 Å². The summed E-state index contributed by atoms with van der Waals surface area (Å²) in [6, 6.07) is 5.62. The normalized spacial score (nSPS) is 20.3. The van der Waals surface area contributed by atoms with Crippen LogP contribution in [-0.2, 0) is 15.8 Å². The second-order valence-electron chi connectivity index (χ2n) is 5.28. The monoisotopic (exact) mass is 313 g/mol. The van der Waals surface area contributed by atoms with Gasteiger partial charge in [0, 0.05) is 25.2 Å². The van der Waals surface area contributed by atoms with Crippen molar-refractivity contribution in [1.29, 1.82) is 0 Å². The maximum Gasteiger partial charge on any atom is 0.269 e. The third kappa shape index (κ3) is 3.99. The molecule has 1 saturated heterocycles. The molecule has 0 radical (unpaired) electrons. The largest absolute Gasteiger partial charge is 0.330 e. The van der Waals surface area contributed by atoms with Crippen molar-refractivity contribution < 1.29 is 13.3 Å². The van der Waals surface area contributed by atoms with E-state index in [0.29, 0.717) is 25.2 Å². The number of sulfonamides is 1. The van der Waals surface area contributed by atoms with E-state index in [1.807, 2.05) is 0 Å². The molecule has 0 aliphatic carbocycles. The second-order valence-corrected chi connectivity index (χ2v) is 7.25. The van der Waals surface area contributed by atoms with Crippen LogP contribution >= 0.6 is 0 Å². The Bertz CT molecular complexity index is 600. The van der Waals surface area contributed by atoms with Crippen molar-refractivity contribution >= 4 is 15.7 Å². The van der Waals surface area contributed by atoms with Gasteiger partial charge in [-0.1, -0.05) is 12.1 Å². The molecule has 1 aromatic rings. The molecule has 1 fully saturated rings. The molecular formula is C13H19N3O4S. The second kappa shape index (κ2) is 6.50. The highest BCUT2D eigenvalue weighted by Gasteiger charge is 2.28. The minimum Gasteiger partial charge on any atom is -0.330 e. The number of nitrogens with zero attached hydrogens (tertiary/aromatic N) is 2. The summed E-state index contributed by atoms with van der Waals surface area (Å²) >= 11 is 0. The van der Waals surface area contributed by atoms with Gasteiger partial charge in [-0.2, -0.15) is 0 Å². The van der Waals surface area contributed by atoms with Crippen LogP contribution in [0.3, 0.4) is 0 Å². The van der Waals surface area contributed by atoms with E-state index in [1.54, 1.807) is 0 Å². The number of piperidine rings is 1. The Morgan fingerprint density at radius 1 is 1.33 bits per heavy atom. The van der Waals surface area contributed by atoms with Gasteiger partial charge in [0.2, 0.25) is 10.0 Å². The SMILES string of the molecule is NCC1CCCN(S(=O)(=O)Cc2ccc([N+](=O)[O-])cc2)C1. The van der Waals surface area contributed by atoms with Crippen molar-refractivity contribution in [2.45, 2.75) is 18.6 Å². The number of rotatable bonds is 5. The van der Waals surface area contributed by atoms with E-state index in [4.69, 9.17) is 5.73 Å². The topological polar surface area (TPSA) is 107 Å². The van der Waals surface area contributed by atoms with E-state index < -0.39 is 14.9 Å². The van der Waals surface area contributed by atoms with Crippen LogP contribution in [0.5, 0.6) is 0 Å². The smallest absolute Gasteiger partial charge is 0.269 e. The number of nitro groups is 1. The number of nitro benzene ring substituents is 1. The maximum absolute atomic E-state index is 12.4. The van der Waals surface area contributed by atoms with Crippen LogP contribution in [0.25, 0.3) is 0 Å². The number of benzene rings is 1. The predicted octanol–water partition coefficient (Wildman–Crippen LogP) is 1.10. The van der Waals surface area contributed by atoms with Gasteiger partial charge in [-0.15, -0.1) is 0 Å². The summed E-state index contributed by atoms with van der Waals surface area (Å²) in [5.41, 5.74) is 6.13. The molecule has 0 saturated carbocycles. The number of non-ortho nitro benzene ring substituents is 1. The zero-order valence-corrected chi connectivity index (χ0v) is 12.5. The highest BCUT2D eigenvalue weighted by molar-refractivity contribution is 7.88. The average Bonchev–Trinajstić information content (AvgIpc) is 2.47. The molecule has 21 heavy (non-hydrogen) atoms. The molecular weight excluding hydrogens is 294 g/mol. The molecule has 1 atom stereocenters. The molecule has 116 valence electrons. The van der Waals surface area contributed by atoms with Crippen LogP contribution in [0.15, 0.2) is 24.3 Å². The summed E-state index contributed by atoms with van der Waals surface area (Å²) < 4.78 is 26.3. The summed E-state index contributed by atoms with van der Waals surface area (Å²) in [6.45, 7) is 1.47. The van der Waals surface area contributed by atoms with Gasteiger partial charge in [-0.25, -0.2) is 12.7 Å². The first-order valence-electron chi connectivity index (χ1n) is 6.83. The third-order valence-electron chi connectivity index (χ3n) is 3.70. The van der Waals surface area contributed by atoms with Crippen molar-refractivity contribution in [1.82, 2.24) is 4.31 Å². The quantitative estimate of drug-likeness (QED) is 0.647. The Labute approximate surface area is 123 Å². The molecule has 2 rings (SSSR count). The van der Waals surface area contributed by atoms with Crippen LogP contribution in [0.2, 0.25) is 0 Å². The van der Waals surface area contributed by atoms with Gasteiger partial charge >= 0.3 is 0 Å². The van der Waals surface area contributed by atoms with Crippen LogP contribution in [0, 0.1) is 16.0 Å². The van der Waals surface area contributed by atoms with Crippen molar-refractivity contribution in [2.75, 3.05) is 19.6 Å². The van der Waals surface area contributed by atoms with E-state index in [9.17, 15) is 18.5 Å². The van der Waals surface area contributed by atoms with Gasteiger partial charge in [-0.05, 0) is 30.9 Å². The Hall–Kier alpha value is -1.51. The Kier molecular flexibility index (Phi) is 4.92. The highest BCUT2D eigenvalue weighted by Crippen LogP contribution is 2.21. The summed E-state index contributed by atoms with van der Waals surface area (Å²) in [4.78, 5) is 10.1. The first-order chi connectivity index (χ1) is 9.92. The van der Waals surface area contributed by atoms with E-state index in [2.05, 4.69) is 0 Å². The number of hydrogen-bond donors (Lipinski definition) is 1. The van der Waals surface area contributed by atoms with E-state index in [1.165, 1.54) is 28.6 Å². The summed E-state index contributed by atoms with van der Waals surface area (Å²) in [5, 5.41) is 10.6. The number of nitrogens with two attached hydrogens (primary N) is 1. The minimum absolute atomic E-state index is 0.0442. The molecule has 1 aliphatic heterocycles. The number of hydrogen-bond acceptors (Lipinski definition) is 5. The lowest BCUT2D eigenvalue weighted by Gasteiger charge is -2.31. The van der Waals surface area contributed by atoms with Gasteiger partial charge in [0.25, 0.3) is 5.69 Å². The van der Waals surface area contributed by atoms with Gasteiger partial charge < -0.3 is 5.73 Å². The predicted molar refractivity (Wildman–Crippen MR) is 79.1 cm³/mol. The van der Waals surface area contributed by atoms with Crippen molar-refractivity contribution in [3.05, 3.63) is 39.9 Å². The summed E-state index contributed by atoms with van der Waals surface area (Å²) in [5.74, 6) is 0.0767. The molecule has 0 bridgehead atoms. The molecule has 0 spiro atoms. The van der Waals surface area contributed by atoms with Crippen molar-refractivity contribution in [2.24, 2.45) is 11.7 Å². The van der Waals surface area contributed by atoms with Crippen LogP contribution in [0.1, 0.15) is 18.4 Å². The Balaban J connectivity index is 2.08. The zero-order chi connectivity index (χ0) is 15.5. The van der Waals surface area contributed by atoms with Gasteiger partial charge in [0.05, 0.1) is 10.7 Å². The first kappa shape index (κ1) is 15.9. The minimum atomic E-state index is -3.40. The molecule has 1 aliphatic rings. The van der Waals surface area contributed by atoms with Crippen LogP contribution < -0.4 is 5.73 Å². The van der Waals surface area contributed by atoms with E-state index in [-0.39, 0.29) is 17.4 Å². The standard InChI is InChI=1S/C13H19N3O4S/c14-8-12-2-1-7-15(9-12)21(19,20)10-11-3-5-13(6-4-11)16(17)18/h3-6,12H,1-2,7-10,14H2. The fourth-order valence-corrected chi connectivity index (χ4v) is 4.13. The van der Waals surface area contributed by atoms with Gasteiger partial charge in [0.15, 0.2) is 0 Å². The molecule has 1 heterocycles. The average molecular weight is 313 g/mol. The molecule has 0 aromatic heterocycles. The molecule has 7 nitrogen and oxygen atoms in total. The lowest BCUT2D eigenvalue weighted by molar-refractivity contribution is -0.384. The van der Waals surface area contributed by atoms with Crippen molar-refractivity contribution in [3.8, 4) is 0 Å². The van der Waals surface area contributed by atoms with Crippen molar-refractivity contribution in [3.63, 3.8) is 0 Å². The maximum atomic E-state index is 12.4.